The molecule has 2 aromatic heterocycles. The highest BCUT2D eigenvalue weighted by Gasteiger charge is 2.27. The molecular formula is C18H17N3O4S. The first kappa shape index (κ1) is 17.8. The van der Waals surface area contributed by atoms with Gasteiger partial charge in [0, 0.05) is 17.5 Å². The fraction of sp³-hybridized carbons (Fsp3) is 0.278. The summed E-state index contributed by atoms with van der Waals surface area (Å²) in [5.74, 6) is 0.218. The number of nitrogens with zero attached hydrogens (tertiary/aromatic N) is 2. The number of amides is 2. The van der Waals surface area contributed by atoms with Gasteiger partial charge in [-0.25, -0.2) is 4.79 Å². The van der Waals surface area contributed by atoms with E-state index in [4.69, 9.17) is 9.15 Å². The number of ether oxygens (including phenoxy) is 1. The zero-order valence-electron chi connectivity index (χ0n) is 14.2. The van der Waals surface area contributed by atoms with Crippen LogP contribution in [0.2, 0.25) is 0 Å². The fourth-order valence-electron chi connectivity index (χ4n) is 2.68. The quantitative estimate of drug-likeness (QED) is 0.831. The second-order valence-corrected chi connectivity index (χ2v) is 6.63. The number of hydrogen-bond donors (Lipinski definition) is 1. The number of fused-ring (bicyclic) bond motifs is 1. The number of rotatable bonds is 4. The van der Waals surface area contributed by atoms with E-state index < -0.39 is 0 Å². The summed E-state index contributed by atoms with van der Waals surface area (Å²) in [5, 5.41) is 12.7. The molecule has 0 saturated heterocycles. The van der Waals surface area contributed by atoms with E-state index in [0.717, 1.165) is 10.4 Å². The average molecular weight is 371 g/mol. The van der Waals surface area contributed by atoms with Crippen LogP contribution >= 0.6 is 11.3 Å². The van der Waals surface area contributed by atoms with E-state index in [9.17, 15) is 14.9 Å². The Kier molecular flexibility index (Phi) is 5.39. The third-order valence-electron chi connectivity index (χ3n) is 3.87. The van der Waals surface area contributed by atoms with Crippen molar-refractivity contribution in [3.8, 4) is 6.07 Å². The van der Waals surface area contributed by atoms with Gasteiger partial charge in [-0.15, -0.1) is 11.3 Å². The standard InChI is InChI=1S/C18H17N3O4S/c1-2-24-18(23)21-8-7-13-14(10-19)17(26-15(13)11-21)20-16(22)6-5-12-4-3-9-25-12/h3-6,9H,2,7-8,11H2,1H3,(H,20,22)/b6-5+. The van der Waals surface area contributed by atoms with Crippen LogP contribution in [-0.2, 0) is 22.5 Å². The summed E-state index contributed by atoms with van der Waals surface area (Å²) in [6.07, 6.45) is 4.62. The third kappa shape index (κ3) is 3.78. The maximum Gasteiger partial charge on any atom is 0.410 e. The van der Waals surface area contributed by atoms with Crippen LogP contribution < -0.4 is 5.32 Å². The van der Waals surface area contributed by atoms with Crippen molar-refractivity contribution in [3.05, 3.63) is 46.2 Å². The molecule has 7 nitrogen and oxygen atoms in total. The normalized spacial score (nSPS) is 13.3. The molecule has 3 rings (SSSR count). The summed E-state index contributed by atoms with van der Waals surface area (Å²) in [6.45, 7) is 2.95. The van der Waals surface area contributed by atoms with Crippen molar-refractivity contribution >= 4 is 34.4 Å². The van der Waals surface area contributed by atoms with Gasteiger partial charge in [-0.05, 0) is 37.1 Å². The van der Waals surface area contributed by atoms with E-state index in [0.29, 0.717) is 42.4 Å². The molecule has 8 heteroatoms. The van der Waals surface area contributed by atoms with Gasteiger partial charge in [0.05, 0.1) is 25.0 Å². The Labute approximate surface area is 154 Å². The summed E-state index contributed by atoms with van der Waals surface area (Å²) >= 11 is 1.32. The Balaban J connectivity index is 1.74. The lowest BCUT2D eigenvalue weighted by atomic mass is 10.0. The predicted molar refractivity (Wildman–Crippen MR) is 96.5 cm³/mol. The molecule has 0 aliphatic carbocycles. The van der Waals surface area contributed by atoms with Gasteiger partial charge in [-0.2, -0.15) is 5.26 Å². The summed E-state index contributed by atoms with van der Waals surface area (Å²) in [7, 11) is 0. The number of furan rings is 1. The first-order chi connectivity index (χ1) is 12.6. The molecule has 1 N–H and O–H groups in total. The van der Waals surface area contributed by atoms with E-state index in [2.05, 4.69) is 11.4 Å². The van der Waals surface area contributed by atoms with Crippen LogP contribution in [0.1, 0.15) is 28.7 Å². The molecule has 0 spiro atoms. The topological polar surface area (TPSA) is 95.6 Å². The average Bonchev–Trinajstić information content (AvgIpc) is 3.26. The van der Waals surface area contributed by atoms with Crippen molar-refractivity contribution in [2.45, 2.75) is 19.9 Å². The predicted octanol–water partition coefficient (Wildman–Crippen LogP) is 3.38. The van der Waals surface area contributed by atoms with Crippen molar-refractivity contribution in [3.63, 3.8) is 0 Å². The van der Waals surface area contributed by atoms with Gasteiger partial charge in [-0.1, -0.05) is 0 Å². The summed E-state index contributed by atoms with van der Waals surface area (Å²) in [4.78, 5) is 26.5. The molecule has 0 aromatic carbocycles. The SMILES string of the molecule is CCOC(=O)N1CCc2c(sc(NC(=O)/C=C/c3ccco3)c2C#N)C1. The number of nitrogens with one attached hydrogen (secondary N) is 1. The van der Waals surface area contributed by atoms with Gasteiger partial charge in [0.15, 0.2) is 0 Å². The minimum absolute atomic E-state index is 0.319. The first-order valence-corrected chi connectivity index (χ1v) is 8.93. The number of nitriles is 1. The van der Waals surface area contributed by atoms with Crippen molar-refractivity contribution < 1.29 is 18.7 Å². The van der Waals surface area contributed by atoms with Crippen LogP contribution in [0.25, 0.3) is 6.08 Å². The molecule has 3 heterocycles. The maximum absolute atomic E-state index is 12.1. The van der Waals surface area contributed by atoms with Crippen LogP contribution in [0.5, 0.6) is 0 Å². The van der Waals surface area contributed by atoms with Crippen molar-refractivity contribution in [1.82, 2.24) is 4.90 Å². The number of anilines is 1. The second kappa shape index (κ2) is 7.89. The van der Waals surface area contributed by atoms with Crippen molar-refractivity contribution in [2.24, 2.45) is 0 Å². The van der Waals surface area contributed by atoms with Crippen molar-refractivity contribution in [1.29, 1.82) is 5.26 Å². The lowest BCUT2D eigenvalue weighted by Crippen LogP contribution is -2.35. The summed E-state index contributed by atoms with van der Waals surface area (Å²) < 4.78 is 10.2. The van der Waals surface area contributed by atoms with Crippen LogP contribution in [0.15, 0.2) is 28.9 Å². The number of carbonyl (C=O) groups excluding carboxylic acids is 2. The Bertz CT molecular complexity index is 877. The highest BCUT2D eigenvalue weighted by atomic mass is 32.1. The van der Waals surface area contributed by atoms with E-state index in [1.54, 1.807) is 30.0 Å². The van der Waals surface area contributed by atoms with E-state index in [1.165, 1.54) is 23.7 Å². The lowest BCUT2D eigenvalue weighted by molar-refractivity contribution is -0.111. The number of hydrogen-bond acceptors (Lipinski definition) is 6. The summed E-state index contributed by atoms with van der Waals surface area (Å²) in [5.41, 5.74) is 1.36. The van der Waals surface area contributed by atoms with E-state index >= 15 is 0 Å². The van der Waals surface area contributed by atoms with E-state index in [1.807, 2.05) is 0 Å². The van der Waals surface area contributed by atoms with Gasteiger partial charge in [0.2, 0.25) is 5.91 Å². The van der Waals surface area contributed by atoms with Gasteiger partial charge in [0.25, 0.3) is 0 Å². The van der Waals surface area contributed by atoms with Gasteiger partial charge in [-0.3, -0.25) is 4.79 Å². The molecular weight excluding hydrogens is 354 g/mol. The highest BCUT2D eigenvalue weighted by molar-refractivity contribution is 7.16. The molecule has 2 aromatic rings. The molecule has 0 unspecified atom stereocenters. The molecule has 26 heavy (non-hydrogen) atoms. The number of thiophene rings is 1. The molecule has 2 amide bonds. The minimum Gasteiger partial charge on any atom is -0.465 e. The molecule has 0 atom stereocenters. The summed E-state index contributed by atoms with van der Waals surface area (Å²) in [6, 6.07) is 5.63. The zero-order chi connectivity index (χ0) is 18.5. The monoisotopic (exact) mass is 371 g/mol. The van der Waals surface area contributed by atoms with Crippen LogP contribution in [-0.4, -0.2) is 30.1 Å². The Morgan fingerprint density at radius 2 is 2.38 bits per heavy atom. The molecule has 1 aliphatic rings. The third-order valence-corrected chi connectivity index (χ3v) is 5.01. The van der Waals surface area contributed by atoms with Crippen LogP contribution in [0, 0.1) is 11.3 Å². The van der Waals surface area contributed by atoms with Crippen LogP contribution in [0.3, 0.4) is 0 Å². The lowest BCUT2D eigenvalue weighted by Gasteiger charge is -2.25. The second-order valence-electron chi connectivity index (χ2n) is 5.53. The molecule has 0 bridgehead atoms. The van der Waals surface area contributed by atoms with Crippen LogP contribution in [0.4, 0.5) is 9.80 Å². The van der Waals surface area contributed by atoms with Gasteiger partial charge < -0.3 is 19.4 Å². The highest BCUT2D eigenvalue weighted by Crippen LogP contribution is 2.36. The molecule has 1 aliphatic heterocycles. The smallest absolute Gasteiger partial charge is 0.410 e. The Hall–Kier alpha value is -3.05. The van der Waals surface area contributed by atoms with Gasteiger partial charge >= 0.3 is 6.09 Å². The Morgan fingerprint density at radius 3 is 3.08 bits per heavy atom. The fourth-order valence-corrected chi connectivity index (χ4v) is 3.89. The number of carbonyl (C=O) groups is 2. The van der Waals surface area contributed by atoms with Gasteiger partial charge in [0.1, 0.15) is 16.8 Å². The molecule has 0 radical (unpaired) electrons. The zero-order valence-corrected chi connectivity index (χ0v) is 15.0. The molecule has 0 saturated carbocycles. The largest absolute Gasteiger partial charge is 0.465 e. The van der Waals surface area contributed by atoms with E-state index in [-0.39, 0.29) is 12.0 Å². The molecule has 0 fully saturated rings. The van der Waals surface area contributed by atoms with Crippen molar-refractivity contribution in [2.75, 3.05) is 18.5 Å². The maximum atomic E-state index is 12.1. The first-order valence-electron chi connectivity index (χ1n) is 8.11. The minimum atomic E-state index is -0.364. The molecule has 134 valence electrons. The Morgan fingerprint density at radius 1 is 1.54 bits per heavy atom.